The first kappa shape index (κ1) is 24.9. The topological polar surface area (TPSA) is 87.5 Å². The number of hydrogen-bond donors (Lipinski definition) is 1. The third-order valence-electron chi connectivity index (χ3n) is 7.12. The van der Waals surface area contributed by atoms with E-state index in [0.29, 0.717) is 25.2 Å². The average Bonchev–Trinajstić information content (AvgIpc) is 3.22. The summed E-state index contributed by atoms with van der Waals surface area (Å²) in [5, 5.41) is 7.55. The Labute approximate surface area is 207 Å². The number of nitrogens with one attached hydrogen (secondary N) is 1. The van der Waals surface area contributed by atoms with E-state index in [1.165, 1.54) is 5.56 Å². The average molecular weight is 480 g/mol. The summed E-state index contributed by atoms with van der Waals surface area (Å²) in [7, 11) is 1.87. The second-order valence-corrected chi connectivity index (χ2v) is 9.81. The maximum atomic E-state index is 13.1. The smallest absolute Gasteiger partial charge is 0.274 e. The minimum atomic E-state index is -0.0982. The maximum absolute atomic E-state index is 13.1. The summed E-state index contributed by atoms with van der Waals surface area (Å²) in [6.07, 6.45) is 5.98. The van der Waals surface area contributed by atoms with Crippen LogP contribution in [0.5, 0.6) is 0 Å². The van der Waals surface area contributed by atoms with Crippen LogP contribution in [-0.4, -0.2) is 63.0 Å². The highest BCUT2D eigenvalue weighted by molar-refractivity contribution is 5.94. The molecule has 35 heavy (non-hydrogen) atoms. The Morgan fingerprint density at radius 3 is 2.49 bits per heavy atom. The fourth-order valence-corrected chi connectivity index (χ4v) is 5.05. The van der Waals surface area contributed by atoms with Crippen LogP contribution in [0.1, 0.15) is 72.8 Å². The molecule has 1 fully saturated rings. The zero-order chi connectivity index (χ0) is 24.8. The first-order valence-electron chi connectivity index (χ1n) is 12.9. The first-order valence-corrected chi connectivity index (χ1v) is 12.9. The number of rotatable bonds is 8. The number of aryl methyl sites for hydroxylation is 2. The van der Waals surface area contributed by atoms with Crippen LogP contribution in [-0.2, 0) is 36.0 Å². The molecule has 0 aliphatic carbocycles. The SMILES string of the molecule is C[C@H](CCc1ccccc1)NC(=O)CCC(=O)N1CCc2c(c(C(=O)N3CCCCC3)nn2C)C1. The van der Waals surface area contributed by atoms with Gasteiger partial charge in [-0.1, -0.05) is 30.3 Å². The van der Waals surface area contributed by atoms with Gasteiger partial charge in [0.1, 0.15) is 0 Å². The number of piperidine rings is 1. The minimum absolute atomic E-state index is 0.0280. The van der Waals surface area contributed by atoms with Gasteiger partial charge in [-0.3, -0.25) is 19.1 Å². The molecule has 1 saturated heterocycles. The lowest BCUT2D eigenvalue weighted by Gasteiger charge is -2.29. The number of benzene rings is 1. The second-order valence-electron chi connectivity index (χ2n) is 9.81. The highest BCUT2D eigenvalue weighted by Crippen LogP contribution is 2.25. The van der Waals surface area contributed by atoms with E-state index in [-0.39, 0.29) is 36.6 Å². The monoisotopic (exact) mass is 479 g/mol. The van der Waals surface area contributed by atoms with Crippen molar-refractivity contribution in [3.05, 3.63) is 52.8 Å². The molecule has 0 saturated carbocycles. The Hall–Kier alpha value is -3.16. The largest absolute Gasteiger partial charge is 0.354 e. The van der Waals surface area contributed by atoms with Gasteiger partial charge in [-0.2, -0.15) is 5.10 Å². The molecule has 2 aliphatic rings. The summed E-state index contributed by atoms with van der Waals surface area (Å²) in [6, 6.07) is 10.3. The number of aromatic nitrogens is 2. The number of likely N-dealkylation sites (tertiary alicyclic amines) is 1. The van der Waals surface area contributed by atoms with E-state index in [1.807, 2.05) is 37.1 Å². The molecular weight excluding hydrogens is 442 g/mol. The summed E-state index contributed by atoms with van der Waals surface area (Å²) in [4.78, 5) is 42.1. The highest BCUT2D eigenvalue weighted by Gasteiger charge is 2.31. The van der Waals surface area contributed by atoms with Gasteiger partial charge < -0.3 is 15.1 Å². The van der Waals surface area contributed by atoms with Crippen molar-refractivity contribution in [2.24, 2.45) is 7.05 Å². The molecule has 4 rings (SSSR count). The number of carbonyl (C=O) groups excluding carboxylic acids is 3. The van der Waals surface area contributed by atoms with Crippen LogP contribution in [0.2, 0.25) is 0 Å². The lowest BCUT2D eigenvalue weighted by atomic mass is 10.0. The third kappa shape index (κ3) is 6.29. The lowest BCUT2D eigenvalue weighted by Crippen LogP contribution is -2.39. The standard InChI is InChI=1S/C27H37N5O3/c1-20(11-12-21-9-5-3-6-10-21)28-24(33)13-14-25(34)32-18-15-23-22(19-32)26(29-30(23)2)27(35)31-16-7-4-8-17-31/h3,5-6,9-10,20H,4,7-8,11-19H2,1-2H3,(H,28,33)/t20-/m1/s1. The van der Waals surface area contributed by atoms with Gasteiger partial charge in [0.15, 0.2) is 5.69 Å². The Morgan fingerprint density at radius 2 is 1.74 bits per heavy atom. The predicted octanol–water partition coefficient (Wildman–Crippen LogP) is 2.85. The molecule has 1 aromatic carbocycles. The van der Waals surface area contributed by atoms with Gasteiger partial charge in [0, 0.05) is 69.8 Å². The molecule has 8 heteroatoms. The molecule has 0 bridgehead atoms. The molecule has 1 N–H and O–H groups in total. The van der Waals surface area contributed by atoms with Crippen LogP contribution in [0.25, 0.3) is 0 Å². The van der Waals surface area contributed by atoms with E-state index in [9.17, 15) is 14.4 Å². The normalized spacial score (nSPS) is 16.5. The van der Waals surface area contributed by atoms with E-state index < -0.39 is 0 Å². The van der Waals surface area contributed by atoms with E-state index in [2.05, 4.69) is 22.5 Å². The van der Waals surface area contributed by atoms with Gasteiger partial charge in [0.05, 0.1) is 0 Å². The molecule has 0 unspecified atom stereocenters. The van der Waals surface area contributed by atoms with Crippen molar-refractivity contribution in [1.29, 1.82) is 0 Å². The summed E-state index contributed by atoms with van der Waals surface area (Å²) < 4.78 is 1.79. The molecule has 1 aromatic heterocycles. The Kier molecular flexibility index (Phi) is 8.21. The van der Waals surface area contributed by atoms with Crippen molar-refractivity contribution in [2.75, 3.05) is 19.6 Å². The molecule has 3 amide bonds. The number of hydrogen-bond acceptors (Lipinski definition) is 4. The van der Waals surface area contributed by atoms with E-state index >= 15 is 0 Å². The van der Waals surface area contributed by atoms with Crippen molar-refractivity contribution in [3.63, 3.8) is 0 Å². The van der Waals surface area contributed by atoms with Crippen LogP contribution in [0.15, 0.2) is 30.3 Å². The second kappa shape index (κ2) is 11.5. The van der Waals surface area contributed by atoms with E-state index in [1.54, 1.807) is 9.58 Å². The third-order valence-corrected chi connectivity index (χ3v) is 7.12. The predicted molar refractivity (Wildman–Crippen MR) is 134 cm³/mol. The molecule has 0 radical (unpaired) electrons. The summed E-state index contributed by atoms with van der Waals surface area (Å²) >= 11 is 0. The van der Waals surface area contributed by atoms with Crippen LogP contribution in [0.4, 0.5) is 0 Å². The van der Waals surface area contributed by atoms with E-state index in [0.717, 1.165) is 56.5 Å². The van der Waals surface area contributed by atoms with Crippen molar-refractivity contribution < 1.29 is 14.4 Å². The van der Waals surface area contributed by atoms with Crippen LogP contribution >= 0.6 is 0 Å². The highest BCUT2D eigenvalue weighted by atomic mass is 16.2. The summed E-state index contributed by atoms with van der Waals surface area (Å²) in [5.74, 6) is -0.179. The van der Waals surface area contributed by atoms with Gasteiger partial charge >= 0.3 is 0 Å². The van der Waals surface area contributed by atoms with E-state index in [4.69, 9.17) is 0 Å². The fraction of sp³-hybridized carbons (Fsp3) is 0.556. The van der Waals surface area contributed by atoms with Crippen molar-refractivity contribution in [3.8, 4) is 0 Å². The molecular formula is C27H37N5O3. The summed E-state index contributed by atoms with van der Waals surface area (Å²) in [6.45, 7) is 4.50. The minimum Gasteiger partial charge on any atom is -0.354 e. The van der Waals surface area contributed by atoms with Gasteiger partial charge in [-0.15, -0.1) is 0 Å². The van der Waals surface area contributed by atoms with Gasteiger partial charge in [-0.05, 0) is 44.6 Å². The number of fused-ring (bicyclic) bond motifs is 1. The zero-order valence-corrected chi connectivity index (χ0v) is 21.0. The van der Waals surface area contributed by atoms with Crippen molar-refractivity contribution in [2.45, 2.75) is 70.9 Å². The number of amides is 3. The quantitative estimate of drug-likeness (QED) is 0.631. The molecule has 2 aliphatic heterocycles. The molecule has 0 spiro atoms. The first-order chi connectivity index (χ1) is 16.9. The van der Waals surface area contributed by atoms with Crippen LogP contribution in [0.3, 0.4) is 0 Å². The van der Waals surface area contributed by atoms with Gasteiger partial charge in [0.25, 0.3) is 5.91 Å². The molecule has 188 valence electrons. The van der Waals surface area contributed by atoms with Gasteiger partial charge in [-0.25, -0.2) is 0 Å². The molecule has 3 heterocycles. The van der Waals surface area contributed by atoms with Crippen molar-refractivity contribution >= 4 is 17.7 Å². The van der Waals surface area contributed by atoms with Gasteiger partial charge in [0.2, 0.25) is 11.8 Å². The van der Waals surface area contributed by atoms with Crippen LogP contribution in [0, 0.1) is 0 Å². The molecule has 8 nitrogen and oxygen atoms in total. The molecule has 2 aromatic rings. The Balaban J connectivity index is 1.27. The fourth-order valence-electron chi connectivity index (χ4n) is 5.05. The van der Waals surface area contributed by atoms with Crippen molar-refractivity contribution in [1.82, 2.24) is 24.9 Å². The molecule has 1 atom stereocenters. The zero-order valence-electron chi connectivity index (χ0n) is 21.0. The van der Waals surface area contributed by atoms with Crippen LogP contribution < -0.4 is 5.32 Å². The number of carbonyl (C=O) groups is 3. The Bertz CT molecular complexity index is 1040. The maximum Gasteiger partial charge on any atom is 0.274 e. The Morgan fingerprint density at radius 1 is 1.00 bits per heavy atom. The summed E-state index contributed by atoms with van der Waals surface area (Å²) in [5.41, 5.74) is 3.62. The lowest BCUT2D eigenvalue weighted by molar-refractivity contribution is -0.134. The number of nitrogens with zero attached hydrogens (tertiary/aromatic N) is 4.